The van der Waals surface area contributed by atoms with Crippen LogP contribution in [0.5, 0.6) is 0 Å². The standard InChI is InChI=1S/C10H17NOS/c12-10(9-6-3-7-13-9)11-8-4-1-2-5-8/h8-9H,1-7H2,(H,11,12). The van der Waals surface area contributed by atoms with Crippen molar-refractivity contribution in [3.63, 3.8) is 0 Å². The number of carbonyl (C=O) groups excluding carboxylic acids is 1. The van der Waals surface area contributed by atoms with E-state index in [9.17, 15) is 4.79 Å². The van der Waals surface area contributed by atoms with Gasteiger partial charge in [0.15, 0.2) is 0 Å². The van der Waals surface area contributed by atoms with Crippen LogP contribution in [0.1, 0.15) is 38.5 Å². The third-order valence-corrected chi connectivity index (χ3v) is 4.30. The largest absolute Gasteiger partial charge is 0.352 e. The average Bonchev–Trinajstić information content (AvgIpc) is 2.74. The minimum absolute atomic E-state index is 0.264. The first-order valence-corrected chi connectivity index (χ1v) is 6.33. The molecule has 2 rings (SSSR count). The molecular weight excluding hydrogens is 182 g/mol. The molecule has 0 spiro atoms. The van der Waals surface area contributed by atoms with Gasteiger partial charge in [-0.25, -0.2) is 0 Å². The van der Waals surface area contributed by atoms with Crippen LogP contribution < -0.4 is 5.32 Å². The molecule has 1 saturated heterocycles. The van der Waals surface area contributed by atoms with Crippen LogP contribution in [0.15, 0.2) is 0 Å². The van der Waals surface area contributed by atoms with Crippen LogP contribution in [0.4, 0.5) is 0 Å². The van der Waals surface area contributed by atoms with E-state index < -0.39 is 0 Å². The fourth-order valence-corrected chi connectivity index (χ4v) is 3.32. The zero-order valence-electron chi connectivity index (χ0n) is 7.92. The first-order valence-electron chi connectivity index (χ1n) is 5.28. The van der Waals surface area contributed by atoms with E-state index in [4.69, 9.17) is 0 Å². The van der Waals surface area contributed by atoms with Crippen LogP contribution in [-0.2, 0) is 4.79 Å². The van der Waals surface area contributed by atoms with Crippen molar-refractivity contribution in [3.05, 3.63) is 0 Å². The molecule has 13 heavy (non-hydrogen) atoms. The molecule has 0 aromatic heterocycles. The fourth-order valence-electron chi connectivity index (χ4n) is 2.15. The minimum atomic E-state index is 0.264. The van der Waals surface area contributed by atoms with E-state index in [-0.39, 0.29) is 5.25 Å². The summed E-state index contributed by atoms with van der Waals surface area (Å²) < 4.78 is 0. The van der Waals surface area contributed by atoms with Gasteiger partial charge in [-0.1, -0.05) is 12.8 Å². The number of hydrogen-bond donors (Lipinski definition) is 1. The molecule has 1 unspecified atom stereocenters. The summed E-state index contributed by atoms with van der Waals surface area (Å²) in [6.45, 7) is 0. The highest BCUT2D eigenvalue weighted by Gasteiger charge is 2.26. The summed E-state index contributed by atoms with van der Waals surface area (Å²) in [6.07, 6.45) is 7.29. The predicted molar refractivity (Wildman–Crippen MR) is 55.9 cm³/mol. The molecule has 1 N–H and O–H groups in total. The van der Waals surface area contributed by atoms with Crippen molar-refractivity contribution in [2.75, 3.05) is 5.75 Å². The van der Waals surface area contributed by atoms with Crippen molar-refractivity contribution < 1.29 is 4.79 Å². The molecule has 2 nitrogen and oxygen atoms in total. The maximum Gasteiger partial charge on any atom is 0.233 e. The summed E-state index contributed by atoms with van der Waals surface area (Å²) in [5.41, 5.74) is 0. The Morgan fingerprint density at radius 2 is 1.92 bits per heavy atom. The van der Waals surface area contributed by atoms with E-state index in [2.05, 4.69) is 5.32 Å². The van der Waals surface area contributed by atoms with Gasteiger partial charge in [-0.05, 0) is 31.4 Å². The lowest BCUT2D eigenvalue weighted by molar-refractivity contribution is -0.121. The Balaban J connectivity index is 1.76. The Bertz CT molecular complexity index is 183. The van der Waals surface area contributed by atoms with Crippen molar-refractivity contribution >= 4 is 17.7 Å². The van der Waals surface area contributed by atoms with Crippen molar-refractivity contribution in [3.8, 4) is 0 Å². The van der Waals surface area contributed by atoms with Gasteiger partial charge in [-0.3, -0.25) is 4.79 Å². The third-order valence-electron chi connectivity index (χ3n) is 2.92. The van der Waals surface area contributed by atoms with Crippen LogP contribution in [0.25, 0.3) is 0 Å². The molecule has 1 saturated carbocycles. The highest BCUT2D eigenvalue weighted by molar-refractivity contribution is 8.00. The van der Waals surface area contributed by atoms with Crippen molar-refractivity contribution in [1.29, 1.82) is 0 Å². The van der Waals surface area contributed by atoms with Crippen molar-refractivity contribution in [2.24, 2.45) is 0 Å². The zero-order valence-corrected chi connectivity index (χ0v) is 8.74. The van der Waals surface area contributed by atoms with E-state index in [0.717, 1.165) is 6.42 Å². The average molecular weight is 199 g/mol. The number of thioether (sulfide) groups is 1. The highest BCUT2D eigenvalue weighted by atomic mass is 32.2. The van der Waals surface area contributed by atoms with Gasteiger partial charge in [-0.2, -0.15) is 0 Å². The van der Waals surface area contributed by atoms with Crippen LogP contribution in [0.2, 0.25) is 0 Å². The lowest BCUT2D eigenvalue weighted by atomic mass is 10.2. The molecule has 1 aliphatic heterocycles. The van der Waals surface area contributed by atoms with Crippen molar-refractivity contribution in [1.82, 2.24) is 5.32 Å². The summed E-state index contributed by atoms with van der Waals surface area (Å²) in [5, 5.41) is 3.43. The van der Waals surface area contributed by atoms with Gasteiger partial charge in [0.05, 0.1) is 5.25 Å². The van der Waals surface area contributed by atoms with E-state index in [1.807, 2.05) is 11.8 Å². The molecule has 0 radical (unpaired) electrons. The van der Waals surface area contributed by atoms with E-state index >= 15 is 0 Å². The Kier molecular flexibility index (Phi) is 3.14. The molecule has 2 aliphatic rings. The number of nitrogens with one attached hydrogen (secondary N) is 1. The molecule has 1 atom stereocenters. The first-order chi connectivity index (χ1) is 6.36. The maximum atomic E-state index is 11.7. The molecule has 0 bridgehead atoms. The quantitative estimate of drug-likeness (QED) is 0.736. The molecule has 3 heteroatoms. The van der Waals surface area contributed by atoms with Gasteiger partial charge in [0, 0.05) is 6.04 Å². The summed E-state index contributed by atoms with van der Waals surface area (Å²) in [5.74, 6) is 1.47. The number of carbonyl (C=O) groups is 1. The summed E-state index contributed by atoms with van der Waals surface area (Å²) >= 11 is 1.82. The van der Waals surface area contributed by atoms with E-state index in [1.165, 1.54) is 37.9 Å². The van der Waals surface area contributed by atoms with Crippen molar-refractivity contribution in [2.45, 2.75) is 49.8 Å². The molecule has 0 aromatic rings. The molecule has 1 aliphatic carbocycles. The highest BCUT2D eigenvalue weighted by Crippen LogP contribution is 2.27. The second-order valence-electron chi connectivity index (χ2n) is 3.99. The van der Waals surface area contributed by atoms with Crippen LogP contribution in [-0.4, -0.2) is 23.0 Å². The Morgan fingerprint density at radius 1 is 1.15 bits per heavy atom. The SMILES string of the molecule is O=C(NC1CCCC1)C1CCCS1. The molecule has 1 amide bonds. The van der Waals surface area contributed by atoms with Gasteiger partial charge >= 0.3 is 0 Å². The van der Waals surface area contributed by atoms with E-state index in [0.29, 0.717) is 11.9 Å². The Hall–Kier alpha value is -0.180. The van der Waals surface area contributed by atoms with Crippen LogP contribution in [0, 0.1) is 0 Å². The molecule has 1 heterocycles. The lowest BCUT2D eigenvalue weighted by Gasteiger charge is -2.14. The molecular formula is C10H17NOS. The molecule has 2 fully saturated rings. The van der Waals surface area contributed by atoms with Gasteiger partial charge < -0.3 is 5.32 Å². The monoisotopic (exact) mass is 199 g/mol. The number of hydrogen-bond acceptors (Lipinski definition) is 2. The topological polar surface area (TPSA) is 29.1 Å². The summed E-state index contributed by atoms with van der Waals surface area (Å²) in [4.78, 5) is 11.7. The third kappa shape index (κ3) is 2.39. The normalized spacial score (nSPS) is 29.4. The number of amides is 1. The van der Waals surface area contributed by atoms with Gasteiger partial charge in [0.1, 0.15) is 0 Å². The minimum Gasteiger partial charge on any atom is -0.352 e. The summed E-state index contributed by atoms with van der Waals surface area (Å²) in [6, 6.07) is 0.494. The van der Waals surface area contributed by atoms with Crippen LogP contribution >= 0.6 is 11.8 Å². The Morgan fingerprint density at radius 3 is 2.54 bits per heavy atom. The zero-order chi connectivity index (χ0) is 9.10. The number of rotatable bonds is 2. The lowest BCUT2D eigenvalue weighted by Crippen LogP contribution is -2.37. The molecule has 74 valence electrons. The van der Waals surface area contributed by atoms with E-state index in [1.54, 1.807) is 0 Å². The Labute approximate surface area is 83.8 Å². The predicted octanol–water partition coefficient (Wildman–Crippen LogP) is 1.94. The van der Waals surface area contributed by atoms with Crippen LogP contribution in [0.3, 0.4) is 0 Å². The second-order valence-corrected chi connectivity index (χ2v) is 5.30. The van der Waals surface area contributed by atoms with Gasteiger partial charge in [0.25, 0.3) is 0 Å². The van der Waals surface area contributed by atoms with Gasteiger partial charge in [0.2, 0.25) is 5.91 Å². The second kappa shape index (κ2) is 4.36. The maximum absolute atomic E-state index is 11.7. The summed E-state index contributed by atoms with van der Waals surface area (Å²) in [7, 11) is 0. The smallest absolute Gasteiger partial charge is 0.233 e. The molecule has 0 aromatic carbocycles. The fraction of sp³-hybridized carbons (Fsp3) is 0.900. The van der Waals surface area contributed by atoms with Gasteiger partial charge in [-0.15, -0.1) is 11.8 Å². The first kappa shape index (κ1) is 9.38.